The number of hydrogen-bond acceptors (Lipinski definition) is 1. The van der Waals surface area contributed by atoms with Crippen LogP contribution in [0.3, 0.4) is 0 Å². The summed E-state index contributed by atoms with van der Waals surface area (Å²) in [6, 6.07) is 10.7. The van der Waals surface area contributed by atoms with Crippen LogP contribution in [0.25, 0.3) is 0 Å². The van der Waals surface area contributed by atoms with E-state index in [0.717, 1.165) is 5.75 Å². The molecule has 0 unspecified atom stereocenters. The number of thioether (sulfide) groups is 1. The first kappa shape index (κ1) is 14.9. The summed E-state index contributed by atoms with van der Waals surface area (Å²) in [5.74, 6) is 1.12. The van der Waals surface area contributed by atoms with Crippen LogP contribution in [0.5, 0.6) is 0 Å². The molecule has 94 valence electrons. The van der Waals surface area contributed by atoms with E-state index in [0.29, 0.717) is 0 Å². The van der Waals surface area contributed by atoms with Gasteiger partial charge in [0.25, 0.3) is 0 Å². The summed E-state index contributed by atoms with van der Waals surface area (Å²) in [4.78, 5) is 4.00. The van der Waals surface area contributed by atoms with Crippen molar-refractivity contribution in [3.63, 3.8) is 0 Å². The van der Waals surface area contributed by atoms with Crippen molar-refractivity contribution in [3.8, 4) is 0 Å². The second kappa shape index (κ2) is 8.04. The van der Waals surface area contributed by atoms with Gasteiger partial charge in [-0.3, -0.25) is 0 Å². The zero-order valence-electron chi connectivity index (χ0n) is 11.3. The van der Waals surface area contributed by atoms with Crippen molar-refractivity contribution in [1.29, 1.82) is 0 Å². The molecule has 0 amide bonds. The van der Waals surface area contributed by atoms with Gasteiger partial charge in [0.05, 0.1) is 0 Å². The Balaban J connectivity index is 2.44. The predicted octanol–water partition coefficient (Wildman–Crippen LogP) is 5.38. The molecule has 1 rings (SSSR count). The summed E-state index contributed by atoms with van der Waals surface area (Å²) in [6.45, 7) is 7.13. The Morgan fingerprint density at radius 2 is 1.59 bits per heavy atom. The first-order chi connectivity index (χ1) is 8.26. The molecule has 0 atom stereocenters. The first-order valence-corrected chi connectivity index (χ1v) is 13.3. The molecule has 0 nitrogen and oxygen atoms in total. The van der Waals surface area contributed by atoms with Crippen molar-refractivity contribution in [1.82, 2.24) is 0 Å². The van der Waals surface area contributed by atoms with Crippen molar-refractivity contribution in [2.75, 3.05) is 5.75 Å². The molecule has 0 aliphatic heterocycles. The van der Waals surface area contributed by atoms with Gasteiger partial charge in [0.15, 0.2) is 0 Å². The van der Waals surface area contributed by atoms with Crippen LogP contribution >= 0.6 is 11.8 Å². The molecule has 1 aromatic carbocycles. The normalized spacial score (nSPS) is 12.2. The average molecular weight is 309 g/mol. The molecule has 0 fully saturated rings. The quantitative estimate of drug-likeness (QED) is 0.481. The standard InChI is InChI=1S/C15H24GeS/c1-4-16(5-2,6-3)13-10-14-17-15-11-8-7-9-12-15/h7-13H,4-6,14H2,1-3H3/b13-10+. The van der Waals surface area contributed by atoms with Gasteiger partial charge in [-0.25, -0.2) is 0 Å². The van der Waals surface area contributed by atoms with Crippen molar-refractivity contribution in [3.05, 3.63) is 41.3 Å². The molecule has 0 bridgehead atoms. The molecule has 0 aliphatic carbocycles. The third kappa shape index (κ3) is 4.93. The Morgan fingerprint density at radius 1 is 1.00 bits per heavy atom. The van der Waals surface area contributed by atoms with Gasteiger partial charge in [-0.2, -0.15) is 0 Å². The SMILES string of the molecule is C[CH2][Ge](/[CH]=C/CSc1ccccc1)([CH2]C)[CH2]C. The third-order valence-corrected chi connectivity index (χ3v) is 15.5. The Labute approximate surface area is 113 Å². The second-order valence-electron chi connectivity index (χ2n) is 4.45. The first-order valence-electron chi connectivity index (χ1n) is 6.62. The van der Waals surface area contributed by atoms with Crippen molar-refractivity contribution < 1.29 is 0 Å². The van der Waals surface area contributed by atoms with Crippen molar-refractivity contribution in [2.24, 2.45) is 0 Å². The van der Waals surface area contributed by atoms with E-state index >= 15 is 0 Å². The molecule has 2 heteroatoms. The van der Waals surface area contributed by atoms with E-state index in [-0.39, 0.29) is 0 Å². The molecule has 17 heavy (non-hydrogen) atoms. The maximum atomic E-state index is 2.62. The van der Waals surface area contributed by atoms with Crippen LogP contribution in [-0.2, 0) is 0 Å². The molecule has 0 aromatic heterocycles. The van der Waals surface area contributed by atoms with Crippen LogP contribution in [0.2, 0.25) is 15.8 Å². The molecule has 0 spiro atoms. The monoisotopic (exact) mass is 310 g/mol. The van der Waals surface area contributed by atoms with E-state index in [2.05, 4.69) is 62.1 Å². The summed E-state index contributed by atoms with van der Waals surface area (Å²) in [5.41, 5.74) is 0. The van der Waals surface area contributed by atoms with Crippen LogP contribution < -0.4 is 0 Å². The Hall–Kier alpha value is -0.147. The minimum atomic E-state index is -1.57. The zero-order valence-corrected chi connectivity index (χ0v) is 14.2. The van der Waals surface area contributed by atoms with Gasteiger partial charge in [0.1, 0.15) is 0 Å². The zero-order chi connectivity index (χ0) is 12.6. The van der Waals surface area contributed by atoms with E-state index in [1.54, 1.807) is 0 Å². The minimum absolute atomic E-state index is 1.12. The van der Waals surface area contributed by atoms with E-state index in [1.165, 1.54) is 20.7 Å². The topological polar surface area (TPSA) is 0 Å². The molecule has 0 heterocycles. The summed E-state index contributed by atoms with van der Waals surface area (Å²) in [7, 11) is 0. The molecule has 0 N–H and O–H groups in total. The van der Waals surface area contributed by atoms with Gasteiger partial charge in [0.2, 0.25) is 0 Å². The Kier molecular flexibility index (Phi) is 7.05. The Bertz CT molecular complexity index is 320. The summed E-state index contributed by atoms with van der Waals surface area (Å²) < 4.78 is 0. The van der Waals surface area contributed by atoms with Crippen LogP contribution in [0.15, 0.2) is 46.2 Å². The fraction of sp³-hybridized carbons (Fsp3) is 0.467. The number of benzene rings is 1. The van der Waals surface area contributed by atoms with E-state index < -0.39 is 13.3 Å². The number of rotatable bonds is 7. The van der Waals surface area contributed by atoms with Crippen molar-refractivity contribution in [2.45, 2.75) is 41.4 Å². The van der Waals surface area contributed by atoms with Crippen LogP contribution in [-0.4, -0.2) is 19.0 Å². The third-order valence-electron chi connectivity index (χ3n) is 3.67. The summed E-state index contributed by atoms with van der Waals surface area (Å²) in [6.07, 6.45) is 2.42. The van der Waals surface area contributed by atoms with Gasteiger partial charge in [0, 0.05) is 0 Å². The maximum absolute atomic E-state index is 2.62. The van der Waals surface area contributed by atoms with E-state index in [1.807, 2.05) is 11.8 Å². The van der Waals surface area contributed by atoms with Crippen LogP contribution in [0, 0.1) is 0 Å². The van der Waals surface area contributed by atoms with Crippen LogP contribution in [0.1, 0.15) is 20.8 Å². The van der Waals surface area contributed by atoms with E-state index in [4.69, 9.17) is 0 Å². The van der Waals surface area contributed by atoms with Gasteiger partial charge in [-0.1, -0.05) is 0 Å². The predicted molar refractivity (Wildman–Crippen MR) is 83.5 cm³/mol. The average Bonchev–Trinajstić information content (AvgIpc) is 2.41. The van der Waals surface area contributed by atoms with Gasteiger partial charge < -0.3 is 0 Å². The Morgan fingerprint density at radius 3 is 2.12 bits per heavy atom. The molecule has 0 aliphatic rings. The second-order valence-corrected chi connectivity index (χ2v) is 16.4. The van der Waals surface area contributed by atoms with Gasteiger partial charge in [-0.05, 0) is 0 Å². The fourth-order valence-electron chi connectivity index (χ4n) is 2.06. The van der Waals surface area contributed by atoms with Gasteiger partial charge >= 0.3 is 114 Å². The summed E-state index contributed by atoms with van der Waals surface area (Å²) in [5, 5.41) is 4.29. The van der Waals surface area contributed by atoms with Crippen molar-refractivity contribution >= 4 is 25.0 Å². The molecule has 0 saturated heterocycles. The molecule has 1 aromatic rings. The molecular formula is C15H24GeS. The molecule has 0 radical (unpaired) electrons. The molecular weight excluding hydrogens is 285 g/mol. The molecule has 0 saturated carbocycles. The summed E-state index contributed by atoms with van der Waals surface area (Å²) >= 11 is 0.369. The number of hydrogen-bond donors (Lipinski definition) is 0. The van der Waals surface area contributed by atoms with E-state index in [9.17, 15) is 0 Å². The fourth-order valence-corrected chi connectivity index (χ4v) is 9.08. The van der Waals surface area contributed by atoms with Crippen LogP contribution in [0.4, 0.5) is 0 Å². The van der Waals surface area contributed by atoms with Gasteiger partial charge in [-0.15, -0.1) is 0 Å².